The monoisotopic (exact) mass is 1730 g/mol. The Hall–Kier alpha value is -11.7. The largest absolute Gasteiger partial charge is 1.00 e. The third-order valence-electron chi connectivity index (χ3n) is 21.4. The van der Waals surface area contributed by atoms with Crippen LogP contribution in [0.4, 0.5) is 0 Å². The maximum Gasteiger partial charge on any atom is 1.00 e. The number of benzene rings is 12. The molecular formula is C107H74CsLi4N9O5. The van der Waals surface area contributed by atoms with E-state index in [1.54, 1.807) is 91.5 Å². The first kappa shape index (κ1) is 93.4. The van der Waals surface area contributed by atoms with Crippen molar-refractivity contribution in [2.24, 2.45) is 0 Å². The minimum absolute atomic E-state index is 0. The Labute approximate surface area is 837 Å². The Balaban J connectivity index is 0.000000144. The predicted octanol–water partition coefficient (Wildman–Crippen LogP) is 6.96. The first-order valence-electron chi connectivity index (χ1n) is 39.6. The van der Waals surface area contributed by atoms with Gasteiger partial charge in [0.1, 0.15) is 0 Å². The normalized spacial score (nSPS) is 10.9. The molecule has 14 nitrogen and oxygen atoms in total. The van der Waals surface area contributed by atoms with Gasteiger partial charge in [-0.25, -0.2) is 19.9 Å². The van der Waals surface area contributed by atoms with E-state index in [0.29, 0.717) is 39.3 Å². The molecule has 21 aromatic rings. The van der Waals surface area contributed by atoms with Crippen molar-refractivity contribution in [3.8, 4) is 96.0 Å². The van der Waals surface area contributed by atoms with Gasteiger partial charge in [-0.3, -0.25) is 24.9 Å². The first-order valence-corrected chi connectivity index (χ1v) is 39.6. The molecule has 0 bridgehead atoms. The molecule has 12 aromatic carbocycles. The fraction of sp³-hybridized carbons (Fsp3) is 0.0374. The SMILES string of the molecule is CC(C)(c1ccc2ccc3cccnc3c2n1)c1ccccc1[O-].[Cs+].[Li+].[Li+].[Li+].[Li+].[O-]c1c(-c2ccccn2)cccc1-c1ccccn1.[O-]c1ccccc1-c1cc(-c2ccccc2)c2ccc3c(-c4ccccc4)ccnc3c2n1.[O-]c1ccccc1-c1ccc2ccccc2n1.[O-]c1ccccc1C(c1ccccc1)c1ccc2ccc3cccnc3c2n1. The van der Waals surface area contributed by atoms with Gasteiger partial charge >= 0.3 is 144 Å². The Bertz CT molecular complexity index is 7250. The Morgan fingerprint density at radius 3 is 1.29 bits per heavy atom. The molecule has 0 fully saturated rings. The van der Waals surface area contributed by atoms with E-state index in [9.17, 15) is 25.5 Å². The van der Waals surface area contributed by atoms with Crippen LogP contribution in [0, 0.1) is 0 Å². The zero-order chi connectivity index (χ0) is 82.6. The van der Waals surface area contributed by atoms with Gasteiger partial charge in [-0.1, -0.05) is 334 Å². The molecule has 0 saturated heterocycles. The zero-order valence-corrected chi connectivity index (χ0v) is 77.1. The predicted molar refractivity (Wildman–Crippen MR) is 477 cm³/mol. The number of hydrogen-bond donors (Lipinski definition) is 0. The third-order valence-corrected chi connectivity index (χ3v) is 21.4. The summed E-state index contributed by atoms with van der Waals surface area (Å²) < 4.78 is 0. The van der Waals surface area contributed by atoms with Crippen molar-refractivity contribution in [2.75, 3.05) is 0 Å². The molecule has 0 spiro atoms. The molecule has 582 valence electrons. The summed E-state index contributed by atoms with van der Waals surface area (Å²) in [7, 11) is 0. The van der Waals surface area contributed by atoms with Gasteiger partial charge in [0.25, 0.3) is 0 Å². The van der Waals surface area contributed by atoms with Gasteiger partial charge in [0, 0.05) is 74.1 Å². The van der Waals surface area contributed by atoms with E-state index in [-0.39, 0.29) is 179 Å². The number of aromatic nitrogens is 9. The molecule has 1 unspecified atom stereocenters. The maximum absolute atomic E-state index is 12.7. The van der Waals surface area contributed by atoms with Crippen LogP contribution in [-0.4, -0.2) is 44.9 Å². The summed E-state index contributed by atoms with van der Waals surface area (Å²) in [5.41, 5.74) is 19.4. The number of para-hydroxylation sites is 6. The molecule has 126 heavy (non-hydrogen) atoms. The first-order chi connectivity index (χ1) is 59.4. The van der Waals surface area contributed by atoms with Crippen LogP contribution in [0.2, 0.25) is 0 Å². The molecule has 0 N–H and O–H groups in total. The summed E-state index contributed by atoms with van der Waals surface area (Å²) in [5.74, 6) is -0.232. The molecule has 0 radical (unpaired) electrons. The molecular weight excluding hydrogens is 1650 g/mol. The van der Waals surface area contributed by atoms with Gasteiger partial charge in [-0.2, -0.15) is 0 Å². The van der Waals surface area contributed by atoms with E-state index in [1.807, 2.05) is 257 Å². The van der Waals surface area contributed by atoms with Crippen molar-refractivity contribution in [3.05, 3.63) is 435 Å². The summed E-state index contributed by atoms with van der Waals surface area (Å²) in [6.45, 7) is 4.08. The summed E-state index contributed by atoms with van der Waals surface area (Å²) in [6.07, 6.45) is 8.78. The number of fused-ring (bicyclic) bond motifs is 10. The van der Waals surface area contributed by atoms with Gasteiger partial charge < -0.3 is 25.5 Å². The zero-order valence-electron chi connectivity index (χ0n) is 70.8. The molecule has 0 aliphatic heterocycles. The van der Waals surface area contributed by atoms with Crippen LogP contribution in [0.3, 0.4) is 0 Å². The van der Waals surface area contributed by atoms with E-state index in [2.05, 4.69) is 97.7 Å². The number of rotatable bonds is 11. The third kappa shape index (κ3) is 20.7. The van der Waals surface area contributed by atoms with Gasteiger partial charge in [0.2, 0.25) is 0 Å². The minimum atomic E-state index is -0.469. The fourth-order valence-electron chi connectivity index (χ4n) is 15.3. The van der Waals surface area contributed by atoms with E-state index in [0.717, 1.165) is 132 Å². The quantitative estimate of drug-likeness (QED) is 0.0942. The molecule has 0 amide bonds. The van der Waals surface area contributed by atoms with Crippen molar-refractivity contribution in [2.45, 2.75) is 25.2 Å². The minimum Gasteiger partial charge on any atom is -0.872 e. The molecule has 0 aliphatic rings. The fourth-order valence-corrected chi connectivity index (χ4v) is 15.3. The van der Waals surface area contributed by atoms with Crippen LogP contribution in [0.1, 0.15) is 47.8 Å². The van der Waals surface area contributed by atoms with Gasteiger partial charge in [0.15, 0.2) is 0 Å². The van der Waals surface area contributed by atoms with Crippen LogP contribution in [0.15, 0.2) is 407 Å². The topological polar surface area (TPSA) is 231 Å². The molecule has 0 saturated carbocycles. The van der Waals surface area contributed by atoms with Crippen LogP contribution in [0.25, 0.3) is 144 Å². The Morgan fingerprint density at radius 2 is 0.706 bits per heavy atom. The van der Waals surface area contributed by atoms with Crippen LogP contribution < -0.4 is 170 Å². The standard InChI is InChI=1S/C30H20N2O.C25H18N2O.C21H18N2O.C16H12N2O.C15H11NO.Cs.4Li/c33-28-14-8-7-13-25(28)27-19-26(21-11-5-2-6-12-21)24-16-15-23-22(20-9-3-1-4-10-20)17-18-31-29(23)30(24)32-27;28-22-11-5-4-10-20(22)23(17-7-2-1-3-8-17)21-15-14-19-13-12-18-9-6-16-26-24(18)25(19)27-21;1-21(2,16-7-3-4-8-17(16)24)18-12-11-15-10-9-14-6-5-13-22-19(14)20(15)23-18;19-16-12(14-8-1-3-10-17-14)6-5-7-13(16)15-9-2-4-11-18-15;17-15-8-4-2-6-12(15)14-10-9-11-5-1-3-7-13(11)16-14;;;;;/h1-19,33H;1-16,23,28H;3-13,24H,1-2H3;1-11,19H;1-10,17H;;;;;/q;;;;;5*+1/p-5. The number of pyridine rings is 9. The molecule has 9 heterocycles. The second kappa shape index (κ2) is 43.4. The van der Waals surface area contributed by atoms with Crippen molar-refractivity contribution in [3.63, 3.8) is 0 Å². The summed E-state index contributed by atoms with van der Waals surface area (Å²) >= 11 is 0. The van der Waals surface area contributed by atoms with Crippen molar-refractivity contribution >= 4 is 76.3 Å². The van der Waals surface area contributed by atoms with Gasteiger partial charge in [-0.15, -0.1) is 11.5 Å². The van der Waals surface area contributed by atoms with E-state index >= 15 is 0 Å². The summed E-state index contributed by atoms with van der Waals surface area (Å²) in [5, 5.41) is 69.1. The van der Waals surface area contributed by atoms with Crippen molar-refractivity contribution in [1.29, 1.82) is 0 Å². The molecule has 21 rings (SSSR count). The molecule has 19 heteroatoms. The number of hydrogen-bond acceptors (Lipinski definition) is 14. The van der Waals surface area contributed by atoms with Crippen LogP contribution in [0.5, 0.6) is 28.7 Å². The van der Waals surface area contributed by atoms with E-state index in [4.69, 9.17) is 19.9 Å². The molecule has 1 atom stereocenters. The van der Waals surface area contributed by atoms with Gasteiger partial charge in [0.05, 0.1) is 78.7 Å². The van der Waals surface area contributed by atoms with E-state index in [1.165, 1.54) is 0 Å². The smallest absolute Gasteiger partial charge is 0.872 e. The number of nitrogens with zero attached hydrogens (tertiary/aromatic N) is 9. The molecule has 0 aliphatic carbocycles. The summed E-state index contributed by atoms with van der Waals surface area (Å²) in [4.78, 5) is 41.6. The average molecular weight is 1730 g/mol. The average Bonchev–Trinajstić information content (AvgIpc) is 0.801. The van der Waals surface area contributed by atoms with Crippen molar-refractivity contribution in [1.82, 2.24) is 44.9 Å². The Kier molecular flexibility index (Phi) is 32.2. The van der Waals surface area contributed by atoms with Crippen LogP contribution in [-0.2, 0) is 5.41 Å². The summed E-state index contributed by atoms with van der Waals surface area (Å²) in [6, 6.07) is 120. The second-order valence-electron chi connectivity index (χ2n) is 29.4. The second-order valence-corrected chi connectivity index (χ2v) is 29.4. The maximum atomic E-state index is 12.7. The van der Waals surface area contributed by atoms with Gasteiger partial charge in [-0.05, 0) is 134 Å². The van der Waals surface area contributed by atoms with E-state index < -0.39 is 5.41 Å². The van der Waals surface area contributed by atoms with Crippen molar-refractivity contribution < 1.29 is 170 Å². The molecule has 9 aromatic heterocycles. The van der Waals surface area contributed by atoms with Crippen LogP contribution >= 0.6 is 0 Å². The Morgan fingerprint density at radius 1 is 0.262 bits per heavy atom.